The average Bonchev–Trinajstić information content (AvgIpc) is 3.37. The Bertz CT molecular complexity index is 946. The Morgan fingerprint density at radius 3 is 2.67 bits per heavy atom. The minimum Gasteiger partial charge on any atom is -0.467 e. The Morgan fingerprint density at radius 2 is 1.96 bits per heavy atom. The topological polar surface area (TPSA) is 71.6 Å². The SMILES string of the molecule is O=C(CSc1ncccn1)N1N=C(c2ccc(Cl)cc2)C[C@@H]1c1ccco1. The lowest BCUT2D eigenvalue weighted by atomic mass is 10.0. The van der Waals surface area contributed by atoms with Gasteiger partial charge < -0.3 is 4.42 Å². The van der Waals surface area contributed by atoms with E-state index < -0.39 is 0 Å². The van der Waals surface area contributed by atoms with Crippen molar-refractivity contribution in [2.75, 3.05) is 5.75 Å². The Hall–Kier alpha value is -2.64. The summed E-state index contributed by atoms with van der Waals surface area (Å²) < 4.78 is 5.54. The zero-order valence-electron chi connectivity index (χ0n) is 14.2. The third-order valence-electron chi connectivity index (χ3n) is 4.08. The monoisotopic (exact) mass is 398 g/mol. The largest absolute Gasteiger partial charge is 0.467 e. The summed E-state index contributed by atoms with van der Waals surface area (Å²) in [5.41, 5.74) is 1.76. The molecule has 0 aliphatic carbocycles. The molecule has 3 heterocycles. The van der Waals surface area contributed by atoms with Gasteiger partial charge in [0.25, 0.3) is 5.91 Å². The van der Waals surface area contributed by atoms with Crippen LogP contribution in [0.4, 0.5) is 0 Å². The molecule has 1 amide bonds. The fourth-order valence-electron chi connectivity index (χ4n) is 2.81. The van der Waals surface area contributed by atoms with Crippen molar-refractivity contribution in [1.29, 1.82) is 0 Å². The van der Waals surface area contributed by atoms with E-state index in [1.807, 2.05) is 36.4 Å². The summed E-state index contributed by atoms with van der Waals surface area (Å²) in [7, 11) is 0. The maximum atomic E-state index is 12.8. The third-order valence-corrected chi connectivity index (χ3v) is 5.19. The van der Waals surface area contributed by atoms with E-state index in [9.17, 15) is 4.79 Å². The second kappa shape index (κ2) is 7.94. The van der Waals surface area contributed by atoms with Crippen molar-refractivity contribution >= 4 is 35.0 Å². The Balaban J connectivity index is 1.55. The van der Waals surface area contributed by atoms with Crippen molar-refractivity contribution in [2.24, 2.45) is 5.10 Å². The van der Waals surface area contributed by atoms with E-state index in [1.165, 1.54) is 16.8 Å². The number of hydrogen-bond donors (Lipinski definition) is 0. The fraction of sp³-hybridized carbons (Fsp3) is 0.158. The predicted octanol–water partition coefficient (Wildman–Crippen LogP) is 4.19. The van der Waals surface area contributed by atoms with Gasteiger partial charge in [0.1, 0.15) is 11.8 Å². The normalized spacial score (nSPS) is 16.4. The van der Waals surface area contributed by atoms with Crippen LogP contribution in [0.15, 0.2) is 75.8 Å². The van der Waals surface area contributed by atoms with Crippen LogP contribution in [0, 0.1) is 0 Å². The minimum absolute atomic E-state index is 0.127. The van der Waals surface area contributed by atoms with Crippen molar-refractivity contribution in [3.8, 4) is 0 Å². The molecule has 27 heavy (non-hydrogen) atoms. The standard InChI is InChI=1S/C19H15ClN4O2S/c20-14-6-4-13(5-7-14)15-11-16(17-3-1-10-26-17)24(23-15)18(25)12-27-19-21-8-2-9-22-19/h1-10,16H,11-12H2/t16-/m1/s1. The Morgan fingerprint density at radius 1 is 1.19 bits per heavy atom. The number of rotatable bonds is 5. The summed E-state index contributed by atoms with van der Waals surface area (Å²) in [6, 6.07) is 12.6. The molecule has 0 bridgehead atoms. The molecule has 1 atom stereocenters. The molecule has 4 rings (SSSR count). The molecular formula is C19H15ClN4O2S. The first-order valence-electron chi connectivity index (χ1n) is 8.29. The van der Waals surface area contributed by atoms with Crippen molar-refractivity contribution in [1.82, 2.24) is 15.0 Å². The maximum Gasteiger partial charge on any atom is 0.253 e. The first kappa shape index (κ1) is 17.8. The van der Waals surface area contributed by atoms with Gasteiger partial charge in [-0.2, -0.15) is 5.10 Å². The second-order valence-electron chi connectivity index (χ2n) is 5.85. The molecule has 0 spiro atoms. The molecule has 6 nitrogen and oxygen atoms in total. The number of amides is 1. The summed E-state index contributed by atoms with van der Waals surface area (Å²) in [5.74, 6) is 0.772. The highest BCUT2D eigenvalue weighted by molar-refractivity contribution is 7.99. The second-order valence-corrected chi connectivity index (χ2v) is 7.23. The number of halogens is 1. The molecule has 0 saturated heterocycles. The summed E-state index contributed by atoms with van der Waals surface area (Å²) in [4.78, 5) is 21.1. The van der Waals surface area contributed by atoms with Crippen LogP contribution in [0.5, 0.6) is 0 Å². The lowest BCUT2D eigenvalue weighted by Crippen LogP contribution is -2.28. The molecular weight excluding hydrogens is 384 g/mol. The molecule has 0 saturated carbocycles. The molecule has 0 N–H and O–H groups in total. The number of carbonyl (C=O) groups excluding carboxylic acids is 1. The number of hydrazone groups is 1. The molecule has 136 valence electrons. The van der Waals surface area contributed by atoms with Crippen LogP contribution in [0.1, 0.15) is 23.8 Å². The molecule has 0 radical (unpaired) electrons. The number of furan rings is 1. The Kier molecular flexibility index (Phi) is 5.22. The zero-order chi connectivity index (χ0) is 18.6. The number of nitrogens with zero attached hydrogens (tertiary/aromatic N) is 4. The van der Waals surface area contributed by atoms with Crippen LogP contribution in [-0.2, 0) is 4.79 Å². The van der Waals surface area contributed by atoms with Gasteiger partial charge in [0, 0.05) is 23.8 Å². The van der Waals surface area contributed by atoms with E-state index in [0.717, 1.165) is 11.3 Å². The smallest absolute Gasteiger partial charge is 0.253 e. The highest BCUT2D eigenvalue weighted by atomic mass is 35.5. The lowest BCUT2D eigenvalue weighted by Gasteiger charge is -2.19. The van der Waals surface area contributed by atoms with Crippen molar-refractivity contribution < 1.29 is 9.21 Å². The van der Waals surface area contributed by atoms with Crippen LogP contribution in [-0.4, -0.2) is 32.3 Å². The first-order valence-corrected chi connectivity index (χ1v) is 9.66. The van der Waals surface area contributed by atoms with Gasteiger partial charge in [-0.25, -0.2) is 15.0 Å². The van der Waals surface area contributed by atoms with Crippen LogP contribution in [0.2, 0.25) is 5.02 Å². The van der Waals surface area contributed by atoms with E-state index >= 15 is 0 Å². The van der Waals surface area contributed by atoms with Gasteiger partial charge in [-0.05, 0) is 35.9 Å². The number of benzene rings is 1. The zero-order valence-corrected chi connectivity index (χ0v) is 15.7. The van der Waals surface area contributed by atoms with Gasteiger partial charge in [0.05, 0.1) is 17.7 Å². The molecule has 8 heteroatoms. The van der Waals surface area contributed by atoms with E-state index in [4.69, 9.17) is 16.0 Å². The van der Waals surface area contributed by atoms with Crippen molar-refractivity contribution in [2.45, 2.75) is 17.6 Å². The van der Waals surface area contributed by atoms with Crippen molar-refractivity contribution in [3.05, 3.63) is 77.5 Å². The fourth-order valence-corrected chi connectivity index (χ4v) is 3.59. The van der Waals surface area contributed by atoms with Gasteiger partial charge in [0.2, 0.25) is 0 Å². The molecule has 1 aromatic carbocycles. The summed E-state index contributed by atoms with van der Waals surface area (Å²) >= 11 is 7.26. The van der Waals surface area contributed by atoms with E-state index in [2.05, 4.69) is 15.1 Å². The molecule has 1 aliphatic heterocycles. The van der Waals surface area contributed by atoms with Gasteiger partial charge >= 0.3 is 0 Å². The maximum absolute atomic E-state index is 12.8. The lowest BCUT2D eigenvalue weighted by molar-refractivity contribution is -0.130. The number of aromatic nitrogens is 2. The third kappa shape index (κ3) is 4.04. The van der Waals surface area contributed by atoms with Crippen molar-refractivity contribution in [3.63, 3.8) is 0 Å². The number of hydrogen-bond acceptors (Lipinski definition) is 6. The van der Waals surface area contributed by atoms with Gasteiger partial charge in [-0.3, -0.25) is 4.79 Å². The van der Waals surface area contributed by atoms with E-state index in [1.54, 1.807) is 24.7 Å². The van der Waals surface area contributed by atoms with Gasteiger partial charge in [-0.1, -0.05) is 35.5 Å². The molecule has 2 aromatic heterocycles. The van der Waals surface area contributed by atoms with Crippen LogP contribution < -0.4 is 0 Å². The number of thioether (sulfide) groups is 1. The van der Waals surface area contributed by atoms with Gasteiger partial charge in [-0.15, -0.1) is 0 Å². The average molecular weight is 399 g/mol. The summed E-state index contributed by atoms with van der Waals surface area (Å²) in [5, 5.41) is 7.30. The molecule has 0 fully saturated rings. The van der Waals surface area contributed by atoms with Crippen LogP contribution in [0.3, 0.4) is 0 Å². The Labute approximate surface area is 165 Å². The molecule has 0 unspecified atom stereocenters. The number of carbonyl (C=O) groups is 1. The van der Waals surface area contributed by atoms with Crippen LogP contribution in [0.25, 0.3) is 0 Å². The highest BCUT2D eigenvalue weighted by Crippen LogP contribution is 2.34. The predicted molar refractivity (Wildman–Crippen MR) is 104 cm³/mol. The van der Waals surface area contributed by atoms with E-state index in [-0.39, 0.29) is 17.7 Å². The molecule has 3 aromatic rings. The quantitative estimate of drug-likeness (QED) is 0.476. The molecule has 1 aliphatic rings. The minimum atomic E-state index is -0.268. The summed E-state index contributed by atoms with van der Waals surface area (Å²) in [6.07, 6.45) is 5.48. The van der Waals surface area contributed by atoms with Gasteiger partial charge in [0.15, 0.2) is 5.16 Å². The highest BCUT2D eigenvalue weighted by Gasteiger charge is 2.34. The van der Waals surface area contributed by atoms with Crippen LogP contribution >= 0.6 is 23.4 Å². The summed E-state index contributed by atoms with van der Waals surface area (Å²) in [6.45, 7) is 0. The van der Waals surface area contributed by atoms with E-state index in [0.29, 0.717) is 22.4 Å². The first-order chi connectivity index (χ1) is 13.2.